The summed E-state index contributed by atoms with van der Waals surface area (Å²) in [7, 11) is 0. The molecule has 1 aromatic carbocycles. The monoisotopic (exact) mass is 232 g/mol. The normalized spacial score (nSPS) is 10.0. The van der Waals surface area contributed by atoms with Crippen LogP contribution < -0.4 is 5.48 Å². The Hall–Kier alpha value is -1.86. The molecule has 90 valence electrons. The third kappa shape index (κ3) is 5.14. The van der Waals surface area contributed by atoms with Crippen LogP contribution in [0.5, 0.6) is 0 Å². The maximum absolute atomic E-state index is 11.4. The average molecular weight is 232 g/mol. The average Bonchev–Trinajstić information content (AvgIpc) is 2.29. The van der Waals surface area contributed by atoms with Crippen LogP contribution in [0.3, 0.4) is 0 Å². The highest BCUT2D eigenvalue weighted by molar-refractivity contribution is 5.77. The second-order valence-electron chi connectivity index (χ2n) is 4.22. The van der Waals surface area contributed by atoms with Gasteiger partial charge in [0.05, 0.1) is 24.7 Å². The molecular weight excluding hydrogens is 216 g/mol. The van der Waals surface area contributed by atoms with E-state index >= 15 is 0 Å². The zero-order valence-electron chi connectivity index (χ0n) is 10.1. The summed E-state index contributed by atoms with van der Waals surface area (Å²) in [6.07, 6.45) is 0.254. The summed E-state index contributed by atoms with van der Waals surface area (Å²) in [6, 6.07) is 8.94. The van der Waals surface area contributed by atoms with Crippen molar-refractivity contribution in [3.8, 4) is 6.07 Å². The van der Waals surface area contributed by atoms with Crippen LogP contribution in [0, 0.1) is 17.2 Å². The number of carbonyl (C=O) groups excluding carboxylic acids is 1. The molecule has 1 amide bonds. The number of benzene rings is 1. The van der Waals surface area contributed by atoms with Crippen molar-refractivity contribution in [2.75, 3.05) is 6.61 Å². The molecule has 0 bridgehead atoms. The molecule has 0 fully saturated rings. The van der Waals surface area contributed by atoms with Crippen molar-refractivity contribution >= 4 is 5.91 Å². The van der Waals surface area contributed by atoms with Crippen molar-refractivity contribution in [2.45, 2.75) is 20.3 Å². The molecule has 0 aliphatic rings. The lowest BCUT2D eigenvalue weighted by Gasteiger charge is -2.07. The van der Waals surface area contributed by atoms with E-state index in [1.54, 1.807) is 24.3 Å². The Labute approximate surface area is 101 Å². The highest BCUT2D eigenvalue weighted by atomic mass is 16.6. The number of nitrogens with zero attached hydrogens (tertiary/aromatic N) is 1. The van der Waals surface area contributed by atoms with Crippen molar-refractivity contribution < 1.29 is 9.63 Å². The molecule has 4 heteroatoms. The maximum Gasteiger partial charge on any atom is 0.247 e. The standard InChI is InChI=1S/C13H16N2O2/c1-10(2)9-17-15-13(16)7-11-3-5-12(8-14)6-4-11/h3-6,10H,7,9H2,1-2H3,(H,15,16). The van der Waals surface area contributed by atoms with Crippen LogP contribution in [0.4, 0.5) is 0 Å². The molecule has 0 aromatic heterocycles. The third-order valence-electron chi connectivity index (χ3n) is 2.05. The summed E-state index contributed by atoms with van der Waals surface area (Å²) < 4.78 is 0. The first-order valence-corrected chi connectivity index (χ1v) is 5.51. The van der Waals surface area contributed by atoms with Crippen molar-refractivity contribution in [3.63, 3.8) is 0 Å². The Kier molecular flexibility index (Phi) is 5.18. The van der Waals surface area contributed by atoms with E-state index in [0.717, 1.165) is 5.56 Å². The second kappa shape index (κ2) is 6.66. The van der Waals surface area contributed by atoms with Gasteiger partial charge in [-0.3, -0.25) is 9.63 Å². The number of hydrogen-bond donors (Lipinski definition) is 1. The molecule has 1 aromatic rings. The van der Waals surface area contributed by atoms with Crippen molar-refractivity contribution in [1.82, 2.24) is 5.48 Å². The highest BCUT2D eigenvalue weighted by Gasteiger charge is 2.04. The number of carbonyl (C=O) groups is 1. The minimum absolute atomic E-state index is 0.185. The molecule has 1 N–H and O–H groups in total. The van der Waals surface area contributed by atoms with Crippen LogP contribution in [-0.2, 0) is 16.1 Å². The van der Waals surface area contributed by atoms with Gasteiger partial charge in [-0.15, -0.1) is 0 Å². The zero-order chi connectivity index (χ0) is 12.7. The van der Waals surface area contributed by atoms with Gasteiger partial charge in [-0.25, -0.2) is 5.48 Å². The van der Waals surface area contributed by atoms with Crippen LogP contribution in [0.25, 0.3) is 0 Å². The van der Waals surface area contributed by atoms with Crippen LogP contribution in [0.15, 0.2) is 24.3 Å². The topological polar surface area (TPSA) is 62.1 Å². The van der Waals surface area contributed by atoms with Gasteiger partial charge in [-0.05, 0) is 23.6 Å². The molecule has 0 aliphatic carbocycles. The number of amides is 1. The van der Waals surface area contributed by atoms with E-state index < -0.39 is 0 Å². The van der Waals surface area contributed by atoms with Crippen LogP contribution >= 0.6 is 0 Å². The molecule has 0 aliphatic heterocycles. The van der Waals surface area contributed by atoms with Gasteiger partial charge in [-0.2, -0.15) is 5.26 Å². The first kappa shape index (κ1) is 13.2. The minimum Gasteiger partial charge on any atom is -0.273 e. The molecule has 0 unspecified atom stereocenters. The summed E-state index contributed by atoms with van der Waals surface area (Å²) in [5.74, 6) is 0.195. The number of hydrogen-bond acceptors (Lipinski definition) is 3. The van der Waals surface area contributed by atoms with E-state index in [-0.39, 0.29) is 12.3 Å². The number of nitriles is 1. The van der Waals surface area contributed by atoms with E-state index in [0.29, 0.717) is 18.1 Å². The van der Waals surface area contributed by atoms with Crippen LogP contribution in [0.1, 0.15) is 25.0 Å². The summed E-state index contributed by atoms with van der Waals surface area (Å²) in [4.78, 5) is 16.5. The predicted molar refractivity (Wildman–Crippen MR) is 63.8 cm³/mol. The van der Waals surface area contributed by atoms with Gasteiger partial charge in [0.2, 0.25) is 5.91 Å². The quantitative estimate of drug-likeness (QED) is 0.787. The Morgan fingerprint density at radius 2 is 2.06 bits per heavy atom. The largest absolute Gasteiger partial charge is 0.273 e. The fourth-order valence-electron chi connectivity index (χ4n) is 1.21. The Morgan fingerprint density at radius 1 is 1.41 bits per heavy atom. The van der Waals surface area contributed by atoms with Gasteiger partial charge in [0.25, 0.3) is 0 Å². The molecule has 0 saturated carbocycles. The molecule has 4 nitrogen and oxygen atoms in total. The van der Waals surface area contributed by atoms with Gasteiger partial charge >= 0.3 is 0 Å². The SMILES string of the molecule is CC(C)CONC(=O)Cc1ccc(C#N)cc1. The van der Waals surface area contributed by atoms with Gasteiger partial charge in [0, 0.05) is 0 Å². The lowest BCUT2D eigenvalue weighted by atomic mass is 10.1. The van der Waals surface area contributed by atoms with Crippen molar-refractivity contribution in [3.05, 3.63) is 35.4 Å². The fraction of sp³-hybridized carbons (Fsp3) is 0.385. The van der Waals surface area contributed by atoms with E-state index in [2.05, 4.69) is 5.48 Å². The summed E-state index contributed by atoms with van der Waals surface area (Å²) >= 11 is 0. The molecular formula is C13H16N2O2. The summed E-state index contributed by atoms with van der Waals surface area (Å²) in [5.41, 5.74) is 3.83. The third-order valence-corrected chi connectivity index (χ3v) is 2.05. The molecule has 17 heavy (non-hydrogen) atoms. The van der Waals surface area contributed by atoms with Gasteiger partial charge in [0.1, 0.15) is 0 Å². The molecule has 0 saturated heterocycles. The van der Waals surface area contributed by atoms with Gasteiger partial charge < -0.3 is 0 Å². The van der Waals surface area contributed by atoms with Crippen molar-refractivity contribution in [2.24, 2.45) is 5.92 Å². The lowest BCUT2D eigenvalue weighted by molar-refractivity contribution is -0.133. The summed E-state index contributed by atoms with van der Waals surface area (Å²) in [6.45, 7) is 4.51. The number of nitrogens with one attached hydrogen (secondary N) is 1. The van der Waals surface area contributed by atoms with Crippen LogP contribution in [-0.4, -0.2) is 12.5 Å². The van der Waals surface area contributed by atoms with E-state index in [1.165, 1.54) is 0 Å². The minimum atomic E-state index is -0.185. The zero-order valence-corrected chi connectivity index (χ0v) is 10.1. The second-order valence-corrected chi connectivity index (χ2v) is 4.22. The number of hydroxylamine groups is 1. The molecule has 0 heterocycles. The molecule has 0 spiro atoms. The van der Waals surface area contributed by atoms with Crippen LogP contribution in [0.2, 0.25) is 0 Å². The Bertz CT molecular complexity index is 404. The first-order valence-electron chi connectivity index (χ1n) is 5.51. The van der Waals surface area contributed by atoms with Gasteiger partial charge in [-0.1, -0.05) is 26.0 Å². The predicted octanol–water partition coefficient (Wildman–Crippen LogP) is 1.80. The fourth-order valence-corrected chi connectivity index (χ4v) is 1.21. The first-order chi connectivity index (χ1) is 8.11. The molecule has 0 radical (unpaired) electrons. The Morgan fingerprint density at radius 3 is 2.59 bits per heavy atom. The van der Waals surface area contributed by atoms with E-state index in [9.17, 15) is 4.79 Å². The maximum atomic E-state index is 11.4. The van der Waals surface area contributed by atoms with Crippen molar-refractivity contribution in [1.29, 1.82) is 5.26 Å². The molecule has 0 atom stereocenters. The molecule has 1 rings (SSSR count). The van der Waals surface area contributed by atoms with E-state index in [1.807, 2.05) is 19.9 Å². The smallest absolute Gasteiger partial charge is 0.247 e. The van der Waals surface area contributed by atoms with Gasteiger partial charge in [0.15, 0.2) is 0 Å². The highest BCUT2D eigenvalue weighted by Crippen LogP contribution is 2.04. The summed E-state index contributed by atoms with van der Waals surface area (Å²) in [5, 5.41) is 8.63. The lowest BCUT2D eigenvalue weighted by Crippen LogP contribution is -2.27. The Balaban J connectivity index is 2.37. The number of rotatable bonds is 5. The van der Waals surface area contributed by atoms with E-state index in [4.69, 9.17) is 10.1 Å².